The molecule has 0 unspecified atom stereocenters. The molecule has 6 nitrogen and oxygen atoms in total. The minimum absolute atomic E-state index is 0.147. The second-order valence-corrected chi connectivity index (χ2v) is 10.3. The fraction of sp³-hybridized carbons (Fsp3) is 0.250. The van der Waals surface area contributed by atoms with E-state index in [0.717, 1.165) is 16.7 Å². The summed E-state index contributed by atoms with van der Waals surface area (Å²) in [4.78, 5) is 41.0. The summed E-state index contributed by atoms with van der Waals surface area (Å²) in [6.45, 7) is 0.921. The number of carbonyl (C=O) groups is 3. The Kier molecular flexibility index (Phi) is 9.09. The first-order chi connectivity index (χ1) is 17.8. The molecule has 192 valence electrons. The van der Waals surface area contributed by atoms with Crippen LogP contribution in [0.25, 0.3) is 0 Å². The number of rotatable bonds is 8. The fourth-order valence-electron chi connectivity index (χ4n) is 4.27. The predicted octanol–water partition coefficient (Wildman–Crippen LogP) is 4.90. The Morgan fingerprint density at radius 2 is 0.973 bits per heavy atom. The Labute approximate surface area is 230 Å². The SMILES string of the molecule is O=C(NCc1ccc(Cl)cc1)[C@@H]1CN(C(=O)Cc2ccc(Cl)cc2)C[C@H]1C(=O)NCc1ccc(Cl)cc1. The molecular weight excluding hydrogens is 533 g/mol. The van der Waals surface area contributed by atoms with Crippen LogP contribution in [0.15, 0.2) is 72.8 Å². The van der Waals surface area contributed by atoms with Crippen LogP contribution in [0.5, 0.6) is 0 Å². The average Bonchev–Trinajstić information content (AvgIpc) is 3.35. The largest absolute Gasteiger partial charge is 0.352 e. The van der Waals surface area contributed by atoms with Gasteiger partial charge in [-0.15, -0.1) is 0 Å². The molecule has 4 rings (SSSR count). The second kappa shape index (κ2) is 12.5. The van der Waals surface area contributed by atoms with Crippen molar-refractivity contribution < 1.29 is 14.4 Å². The van der Waals surface area contributed by atoms with Gasteiger partial charge in [-0.3, -0.25) is 14.4 Å². The van der Waals surface area contributed by atoms with Crippen LogP contribution in [0.4, 0.5) is 0 Å². The van der Waals surface area contributed by atoms with Crippen LogP contribution >= 0.6 is 34.8 Å². The van der Waals surface area contributed by atoms with E-state index in [2.05, 4.69) is 10.6 Å². The summed E-state index contributed by atoms with van der Waals surface area (Å²) in [5, 5.41) is 7.63. The van der Waals surface area contributed by atoms with E-state index in [9.17, 15) is 14.4 Å². The molecule has 9 heteroatoms. The fourth-order valence-corrected chi connectivity index (χ4v) is 4.65. The van der Waals surface area contributed by atoms with Gasteiger partial charge in [0.15, 0.2) is 0 Å². The molecule has 1 fully saturated rings. The topological polar surface area (TPSA) is 78.5 Å². The summed E-state index contributed by atoms with van der Waals surface area (Å²) in [5.74, 6) is -2.05. The monoisotopic (exact) mass is 557 g/mol. The van der Waals surface area contributed by atoms with E-state index in [1.54, 1.807) is 53.4 Å². The molecule has 0 aromatic heterocycles. The van der Waals surface area contributed by atoms with E-state index in [-0.39, 0.29) is 37.2 Å². The zero-order valence-electron chi connectivity index (χ0n) is 19.9. The molecule has 3 aromatic carbocycles. The number of carbonyl (C=O) groups excluding carboxylic acids is 3. The zero-order valence-corrected chi connectivity index (χ0v) is 22.2. The first kappa shape index (κ1) is 27.0. The highest BCUT2D eigenvalue weighted by atomic mass is 35.5. The second-order valence-electron chi connectivity index (χ2n) is 9.00. The molecule has 1 aliphatic rings. The molecule has 2 atom stereocenters. The maximum absolute atomic E-state index is 13.2. The van der Waals surface area contributed by atoms with E-state index in [1.807, 2.05) is 24.3 Å². The number of hydrogen-bond acceptors (Lipinski definition) is 3. The lowest BCUT2D eigenvalue weighted by atomic mass is 9.94. The smallest absolute Gasteiger partial charge is 0.227 e. The van der Waals surface area contributed by atoms with Crippen LogP contribution in [0, 0.1) is 11.8 Å². The molecule has 0 aliphatic carbocycles. The Hall–Kier alpha value is -3.06. The van der Waals surface area contributed by atoms with Crippen molar-refractivity contribution in [3.05, 3.63) is 105 Å². The number of likely N-dealkylation sites (tertiary alicyclic amines) is 1. The summed E-state index contributed by atoms with van der Waals surface area (Å²) in [6.07, 6.45) is 0.162. The van der Waals surface area contributed by atoms with Crippen molar-refractivity contribution in [1.29, 1.82) is 0 Å². The lowest BCUT2D eigenvalue weighted by Gasteiger charge is -2.17. The van der Waals surface area contributed by atoms with E-state index in [1.165, 1.54) is 0 Å². The molecular formula is C28H26Cl3N3O3. The van der Waals surface area contributed by atoms with E-state index in [4.69, 9.17) is 34.8 Å². The molecule has 1 saturated heterocycles. The van der Waals surface area contributed by atoms with Crippen molar-refractivity contribution in [3.8, 4) is 0 Å². The molecule has 0 saturated carbocycles. The van der Waals surface area contributed by atoms with Gasteiger partial charge < -0.3 is 15.5 Å². The maximum Gasteiger partial charge on any atom is 0.227 e. The molecule has 3 aromatic rings. The van der Waals surface area contributed by atoms with Crippen LogP contribution in [0.2, 0.25) is 15.1 Å². The zero-order chi connectivity index (χ0) is 26.4. The van der Waals surface area contributed by atoms with Gasteiger partial charge in [-0.2, -0.15) is 0 Å². The minimum atomic E-state index is -0.674. The van der Waals surface area contributed by atoms with Gasteiger partial charge in [0.25, 0.3) is 0 Å². The predicted molar refractivity (Wildman–Crippen MR) is 145 cm³/mol. The number of amides is 3. The van der Waals surface area contributed by atoms with Crippen LogP contribution < -0.4 is 10.6 Å². The van der Waals surface area contributed by atoms with Crippen molar-refractivity contribution in [2.24, 2.45) is 11.8 Å². The van der Waals surface area contributed by atoms with Crippen LogP contribution in [-0.4, -0.2) is 35.7 Å². The standard InChI is InChI=1S/C28H26Cl3N3O3/c29-21-7-1-18(2-8-21)13-26(35)34-16-24(27(36)32-14-19-3-9-22(30)10-4-19)25(17-34)28(37)33-15-20-5-11-23(31)12-6-20/h1-12,24-25H,13-17H2,(H,32,36)(H,33,37)/t24-,25-/m1/s1. The average molecular weight is 559 g/mol. The van der Waals surface area contributed by atoms with E-state index >= 15 is 0 Å². The molecule has 37 heavy (non-hydrogen) atoms. The highest BCUT2D eigenvalue weighted by Gasteiger charge is 2.43. The van der Waals surface area contributed by atoms with Gasteiger partial charge in [-0.05, 0) is 53.1 Å². The lowest BCUT2D eigenvalue weighted by molar-refractivity contribution is -0.133. The normalized spacial score (nSPS) is 16.9. The van der Waals surface area contributed by atoms with Gasteiger partial charge in [0.1, 0.15) is 0 Å². The van der Waals surface area contributed by atoms with Crippen molar-refractivity contribution >= 4 is 52.5 Å². The Bertz CT molecular complexity index is 1180. The number of hydrogen-bond donors (Lipinski definition) is 2. The molecule has 0 bridgehead atoms. The third kappa shape index (κ3) is 7.48. The number of benzene rings is 3. The van der Waals surface area contributed by atoms with E-state index in [0.29, 0.717) is 28.2 Å². The van der Waals surface area contributed by atoms with Crippen molar-refractivity contribution in [2.75, 3.05) is 13.1 Å². The highest BCUT2D eigenvalue weighted by molar-refractivity contribution is 6.31. The van der Waals surface area contributed by atoms with Gasteiger partial charge in [0.2, 0.25) is 17.7 Å². The Morgan fingerprint density at radius 3 is 1.35 bits per heavy atom. The number of halogens is 3. The first-order valence-electron chi connectivity index (χ1n) is 11.8. The number of nitrogens with one attached hydrogen (secondary N) is 2. The molecule has 2 N–H and O–H groups in total. The van der Waals surface area contributed by atoms with Crippen molar-refractivity contribution in [2.45, 2.75) is 19.5 Å². The Morgan fingerprint density at radius 1 is 0.622 bits per heavy atom. The molecule has 3 amide bonds. The molecule has 1 aliphatic heterocycles. The third-order valence-electron chi connectivity index (χ3n) is 6.37. The summed E-state index contributed by atoms with van der Waals surface area (Å²) < 4.78 is 0. The Balaban J connectivity index is 1.44. The van der Waals surface area contributed by atoms with E-state index < -0.39 is 11.8 Å². The van der Waals surface area contributed by atoms with Gasteiger partial charge in [0.05, 0.1) is 18.3 Å². The summed E-state index contributed by atoms with van der Waals surface area (Å²) in [7, 11) is 0. The van der Waals surface area contributed by atoms with Gasteiger partial charge >= 0.3 is 0 Å². The van der Waals surface area contributed by atoms with Gasteiger partial charge in [0, 0.05) is 41.2 Å². The first-order valence-corrected chi connectivity index (χ1v) is 13.0. The summed E-state index contributed by atoms with van der Waals surface area (Å²) in [6, 6.07) is 21.4. The van der Waals surface area contributed by atoms with Crippen molar-refractivity contribution in [1.82, 2.24) is 15.5 Å². The minimum Gasteiger partial charge on any atom is -0.352 e. The van der Waals surface area contributed by atoms with Gasteiger partial charge in [-0.1, -0.05) is 71.2 Å². The lowest BCUT2D eigenvalue weighted by Crippen LogP contribution is -2.41. The highest BCUT2D eigenvalue weighted by Crippen LogP contribution is 2.26. The quantitative estimate of drug-likeness (QED) is 0.413. The molecule has 1 heterocycles. The summed E-state index contributed by atoms with van der Waals surface area (Å²) in [5.41, 5.74) is 2.58. The summed E-state index contributed by atoms with van der Waals surface area (Å²) >= 11 is 17.8. The number of nitrogens with zero attached hydrogens (tertiary/aromatic N) is 1. The van der Waals surface area contributed by atoms with Crippen LogP contribution in [0.1, 0.15) is 16.7 Å². The van der Waals surface area contributed by atoms with Crippen molar-refractivity contribution in [3.63, 3.8) is 0 Å². The maximum atomic E-state index is 13.2. The van der Waals surface area contributed by atoms with Crippen LogP contribution in [-0.2, 0) is 33.9 Å². The van der Waals surface area contributed by atoms with Crippen LogP contribution in [0.3, 0.4) is 0 Å². The molecule has 0 spiro atoms. The third-order valence-corrected chi connectivity index (χ3v) is 7.13. The van der Waals surface area contributed by atoms with Gasteiger partial charge in [-0.25, -0.2) is 0 Å². The molecule has 0 radical (unpaired) electrons.